The minimum Gasteiger partial charge on any atom is -0.250 e. The second-order valence-corrected chi connectivity index (χ2v) is 4.06. The van der Waals surface area contributed by atoms with Crippen LogP contribution in [0.1, 0.15) is 11.4 Å². The Morgan fingerprint density at radius 1 is 1.59 bits per heavy atom. The Morgan fingerprint density at radius 2 is 2.35 bits per heavy atom. The quantitative estimate of drug-likeness (QED) is 0.674. The van der Waals surface area contributed by atoms with Crippen LogP contribution in [-0.4, -0.2) is 21.1 Å². The normalized spacial score (nSPS) is 11.2. The van der Waals surface area contributed by atoms with Gasteiger partial charge in [-0.2, -0.15) is 14.9 Å². The highest BCUT2D eigenvalue weighted by atomic mass is 35.5. The summed E-state index contributed by atoms with van der Waals surface area (Å²) in [7, 11) is 0. The Hall–Kier alpha value is -1.53. The predicted molar refractivity (Wildman–Crippen MR) is 66.6 cm³/mol. The van der Waals surface area contributed by atoms with Crippen LogP contribution < -0.4 is 0 Å². The summed E-state index contributed by atoms with van der Waals surface area (Å²) >= 11 is 10.8. The average Bonchev–Trinajstić information content (AvgIpc) is 2.59. The van der Waals surface area contributed by atoms with Gasteiger partial charge >= 0.3 is 0 Å². The van der Waals surface area contributed by atoms with E-state index in [9.17, 15) is 4.39 Å². The molecule has 0 saturated carbocycles. The first kappa shape index (κ1) is 11.9. The molecule has 0 saturated heterocycles. The highest BCUT2D eigenvalue weighted by molar-refractivity contribution is 7.71. The zero-order chi connectivity index (χ0) is 12.4. The Balaban J connectivity index is 2.43. The second-order valence-electron chi connectivity index (χ2n) is 3.27. The molecule has 0 aliphatic rings. The molecule has 1 aromatic heterocycles. The van der Waals surface area contributed by atoms with Gasteiger partial charge in [-0.1, -0.05) is 17.7 Å². The molecule has 0 unspecified atom stereocenters. The molecule has 0 spiro atoms. The molecule has 0 bridgehead atoms. The van der Waals surface area contributed by atoms with Gasteiger partial charge in [0.05, 0.1) is 11.2 Å². The second kappa shape index (κ2) is 4.77. The number of halogens is 2. The molecule has 7 heteroatoms. The SMILES string of the molecule is Cc1n[nH]c(=S)n1/N=C/c1c(F)cccc1Cl. The number of aromatic nitrogens is 3. The lowest BCUT2D eigenvalue weighted by Gasteiger charge is -1.99. The summed E-state index contributed by atoms with van der Waals surface area (Å²) in [6.45, 7) is 1.73. The monoisotopic (exact) mass is 270 g/mol. The Morgan fingerprint density at radius 3 is 2.94 bits per heavy atom. The van der Waals surface area contributed by atoms with E-state index in [-0.39, 0.29) is 5.56 Å². The van der Waals surface area contributed by atoms with Gasteiger partial charge in [-0.25, -0.2) is 4.39 Å². The van der Waals surface area contributed by atoms with E-state index in [1.54, 1.807) is 13.0 Å². The van der Waals surface area contributed by atoms with Crippen LogP contribution in [-0.2, 0) is 0 Å². The molecule has 0 aliphatic heterocycles. The van der Waals surface area contributed by atoms with E-state index in [0.717, 1.165) is 0 Å². The molecular weight excluding hydrogens is 263 g/mol. The third-order valence-electron chi connectivity index (χ3n) is 2.11. The van der Waals surface area contributed by atoms with Crippen LogP contribution in [0.25, 0.3) is 0 Å². The van der Waals surface area contributed by atoms with Crippen LogP contribution in [0.4, 0.5) is 4.39 Å². The van der Waals surface area contributed by atoms with Crippen molar-refractivity contribution in [2.24, 2.45) is 5.10 Å². The minimum atomic E-state index is -0.436. The van der Waals surface area contributed by atoms with Gasteiger partial charge in [-0.15, -0.1) is 0 Å². The predicted octanol–water partition coefficient (Wildman–Crippen LogP) is 2.92. The van der Waals surface area contributed by atoms with Crippen molar-refractivity contribution in [3.8, 4) is 0 Å². The molecule has 0 radical (unpaired) electrons. The third kappa shape index (κ3) is 2.42. The lowest BCUT2D eigenvalue weighted by molar-refractivity contribution is 0.625. The number of aromatic amines is 1. The minimum absolute atomic E-state index is 0.219. The largest absolute Gasteiger partial charge is 0.250 e. The molecule has 4 nitrogen and oxygen atoms in total. The molecule has 0 fully saturated rings. The van der Waals surface area contributed by atoms with E-state index in [1.165, 1.54) is 23.0 Å². The number of nitrogens with one attached hydrogen (secondary N) is 1. The molecule has 17 heavy (non-hydrogen) atoms. The van der Waals surface area contributed by atoms with Gasteiger partial charge in [-0.05, 0) is 31.3 Å². The van der Waals surface area contributed by atoms with Gasteiger partial charge in [0.25, 0.3) is 0 Å². The van der Waals surface area contributed by atoms with Gasteiger partial charge < -0.3 is 0 Å². The van der Waals surface area contributed by atoms with Gasteiger partial charge in [0, 0.05) is 5.56 Å². The lowest BCUT2D eigenvalue weighted by Crippen LogP contribution is -1.96. The maximum atomic E-state index is 13.4. The van der Waals surface area contributed by atoms with Crippen molar-refractivity contribution >= 4 is 30.0 Å². The van der Waals surface area contributed by atoms with E-state index < -0.39 is 5.82 Å². The van der Waals surface area contributed by atoms with E-state index in [2.05, 4.69) is 15.3 Å². The summed E-state index contributed by atoms with van der Waals surface area (Å²) in [5.74, 6) is 0.146. The van der Waals surface area contributed by atoms with Gasteiger partial charge in [-0.3, -0.25) is 5.10 Å². The van der Waals surface area contributed by atoms with Crippen molar-refractivity contribution < 1.29 is 4.39 Å². The Kier molecular flexibility index (Phi) is 3.35. The van der Waals surface area contributed by atoms with Crippen molar-refractivity contribution in [3.63, 3.8) is 0 Å². The highest BCUT2D eigenvalue weighted by Gasteiger charge is 2.04. The molecule has 0 atom stereocenters. The first-order valence-corrected chi connectivity index (χ1v) is 5.50. The van der Waals surface area contributed by atoms with Crippen LogP contribution in [0.15, 0.2) is 23.3 Å². The summed E-state index contributed by atoms with van der Waals surface area (Å²) in [5, 5.41) is 10.8. The van der Waals surface area contributed by atoms with E-state index in [0.29, 0.717) is 15.6 Å². The van der Waals surface area contributed by atoms with Crippen molar-refractivity contribution in [2.75, 3.05) is 0 Å². The fourth-order valence-electron chi connectivity index (χ4n) is 1.26. The summed E-state index contributed by atoms with van der Waals surface area (Å²) in [4.78, 5) is 0. The summed E-state index contributed by atoms with van der Waals surface area (Å²) in [5.41, 5.74) is 0.219. The number of aryl methyl sites for hydroxylation is 1. The molecule has 0 amide bonds. The maximum Gasteiger partial charge on any atom is 0.216 e. The van der Waals surface area contributed by atoms with Crippen LogP contribution >= 0.6 is 23.8 Å². The molecule has 1 heterocycles. The van der Waals surface area contributed by atoms with Crippen molar-refractivity contribution in [3.05, 3.63) is 45.2 Å². The zero-order valence-electron chi connectivity index (χ0n) is 8.82. The topological polar surface area (TPSA) is 46.0 Å². The van der Waals surface area contributed by atoms with E-state index in [1.807, 2.05) is 0 Å². The number of hydrogen-bond acceptors (Lipinski definition) is 3. The number of nitrogens with zero attached hydrogens (tertiary/aromatic N) is 3. The third-order valence-corrected chi connectivity index (χ3v) is 2.71. The summed E-state index contributed by atoms with van der Waals surface area (Å²) in [6, 6.07) is 4.44. The summed E-state index contributed by atoms with van der Waals surface area (Å²) in [6.07, 6.45) is 1.32. The van der Waals surface area contributed by atoms with Crippen LogP contribution in [0.3, 0.4) is 0 Å². The maximum absolute atomic E-state index is 13.4. The average molecular weight is 271 g/mol. The van der Waals surface area contributed by atoms with Crippen LogP contribution in [0.5, 0.6) is 0 Å². The molecule has 0 aliphatic carbocycles. The van der Waals surface area contributed by atoms with Crippen LogP contribution in [0.2, 0.25) is 5.02 Å². The van der Waals surface area contributed by atoms with E-state index >= 15 is 0 Å². The van der Waals surface area contributed by atoms with Crippen molar-refractivity contribution in [1.29, 1.82) is 0 Å². The molecule has 2 rings (SSSR count). The zero-order valence-corrected chi connectivity index (χ0v) is 10.4. The summed E-state index contributed by atoms with van der Waals surface area (Å²) < 4.78 is 15.2. The Labute approximate surface area is 107 Å². The number of hydrogen-bond donors (Lipinski definition) is 1. The molecule has 88 valence electrons. The molecule has 2 aromatic rings. The number of rotatable bonds is 2. The lowest BCUT2D eigenvalue weighted by atomic mass is 10.2. The van der Waals surface area contributed by atoms with Gasteiger partial charge in [0.2, 0.25) is 4.77 Å². The first-order chi connectivity index (χ1) is 8.09. The molecule has 1 aromatic carbocycles. The molecular formula is C10H8ClFN4S. The smallest absolute Gasteiger partial charge is 0.216 e. The standard InChI is InChI=1S/C10H8ClFN4S/c1-6-14-15-10(17)16(6)13-5-7-8(11)3-2-4-9(7)12/h2-5H,1H3,(H,15,17)/b13-5+. The van der Waals surface area contributed by atoms with Crippen molar-refractivity contribution in [2.45, 2.75) is 6.92 Å². The number of benzene rings is 1. The fourth-order valence-corrected chi connectivity index (χ4v) is 1.69. The highest BCUT2D eigenvalue weighted by Crippen LogP contribution is 2.16. The number of H-pyrrole nitrogens is 1. The van der Waals surface area contributed by atoms with Gasteiger partial charge in [0.15, 0.2) is 0 Å². The first-order valence-electron chi connectivity index (χ1n) is 4.72. The Bertz CT molecular complexity index is 611. The van der Waals surface area contributed by atoms with Gasteiger partial charge in [0.1, 0.15) is 11.6 Å². The van der Waals surface area contributed by atoms with Crippen LogP contribution in [0, 0.1) is 17.5 Å². The van der Waals surface area contributed by atoms with E-state index in [4.69, 9.17) is 23.8 Å². The van der Waals surface area contributed by atoms with Crippen molar-refractivity contribution in [1.82, 2.24) is 14.9 Å². The fraction of sp³-hybridized carbons (Fsp3) is 0.100. The molecule has 1 N–H and O–H groups in total.